The Morgan fingerprint density at radius 2 is 2.03 bits per heavy atom. The van der Waals surface area contributed by atoms with Crippen molar-refractivity contribution in [2.45, 2.75) is 57.8 Å². The van der Waals surface area contributed by atoms with Crippen LogP contribution in [0.1, 0.15) is 49.4 Å². The molecule has 1 fully saturated rings. The van der Waals surface area contributed by atoms with Crippen LogP contribution in [0.5, 0.6) is 11.5 Å². The van der Waals surface area contributed by atoms with E-state index in [9.17, 15) is 9.90 Å². The number of fused-ring (bicyclic) bond motifs is 5. The van der Waals surface area contributed by atoms with E-state index < -0.39 is 6.10 Å². The fourth-order valence-corrected chi connectivity index (χ4v) is 6.42. The second-order valence-corrected chi connectivity index (χ2v) is 10.8. The largest absolute Gasteiger partial charge is 0.454 e. The van der Waals surface area contributed by atoms with Crippen LogP contribution in [-0.2, 0) is 17.9 Å². The number of nitrogens with zero attached hydrogens (tertiary/aromatic N) is 3. The molecule has 1 aromatic heterocycles. The van der Waals surface area contributed by atoms with E-state index in [1.807, 2.05) is 6.07 Å². The first-order valence-corrected chi connectivity index (χ1v) is 13.5. The van der Waals surface area contributed by atoms with Crippen molar-refractivity contribution in [3.05, 3.63) is 47.3 Å². The Kier molecular flexibility index (Phi) is 6.42. The summed E-state index contributed by atoms with van der Waals surface area (Å²) in [4.78, 5) is 21.4. The molecule has 3 atom stereocenters. The molecular weight excluding hydrogens is 468 g/mol. The fourth-order valence-electron chi connectivity index (χ4n) is 6.42. The van der Waals surface area contributed by atoms with Gasteiger partial charge < -0.3 is 34.5 Å². The summed E-state index contributed by atoms with van der Waals surface area (Å²) in [6.07, 6.45) is 5.72. The molecule has 1 saturated heterocycles. The molecule has 2 aromatic rings. The zero-order valence-electron chi connectivity index (χ0n) is 21.7. The monoisotopic (exact) mass is 504 g/mol. The summed E-state index contributed by atoms with van der Waals surface area (Å²) in [6, 6.07) is 4.51. The maximum Gasteiger partial charge on any atom is 0.231 e. The van der Waals surface area contributed by atoms with E-state index in [-0.39, 0.29) is 18.6 Å². The van der Waals surface area contributed by atoms with Crippen LogP contribution in [0.3, 0.4) is 0 Å². The highest BCUT2D eigenvalue weighted by atomic mass is 16.7. The molecule has 8 nitrogen and oxygen atoms in total. The minimum Gasteiger partial charge on any atom is -0.454 e. The number of aliphatic hydroxyl groups is 1. The highest BCUT2D eigenvalue weighted by Gasteiger charge is 2.41. The molecule has 0 amide bonds. The Morgan fingerprint density at radius 3 is 2.76 bits per heavy atom. The molecule has 0 bridgehead atoms. The third kappa shape index (κ3) is 4.21. The van der Waals surface area contributed by atoms with Crippen molar-refractivity contribution in [2.75, 3.05) is 26.9 Å². The number of rotatable bonds is 7. The van der Waals surface area contributed by atoms with E-state index >= 15 is 0 Å². The predicted octanol–water partition coefficient (Wildman–Crippen LogP) is 3.42. The SMILES string of the molecule is C=C1C(CCC)C(C(O)C=O)C=C2c3nc4cc5c(cc4c(CNC4CCN(C)CC4)c3CN12)OCO5. The van der Waals surface area contributed by atoms with Gasteiger partial charge in [0.25, 0.3) is 0 Å². The van der Waals surface area contributed by atoms with E-state index in [2.05, 4.69) is 47.8 Å². The van der Waals surface area contributed by atoms with Crippen LogP contribution >= 0.6 is 0 Å². The van der Waals surface area contributed by atoms with E-state index in [0.29, 0.717) is 24.6 Å². The highest BCUT2D eigenvalue weighted by Crippen LogP contribution is 2.48. The van der Waals surface area contributed by atoms with Gasteiger partial charge in [-0.25, -0.2) is 4.98 Å². The average molecular weight is 505 g/mol. The van der Waals surface area contributed by atoms with Gasteiger partial charge in [-0.15, -0.1) is 0 Å². The van der Waals surface area contributed by atoms with E-state index in [1.165, 1.54) is 11.1 Å². The van der Waals surface area contributed by atoms with Gasteiger partial charge in [-0.3, -0.25) is 0 Å². The Labute approximate surface area is 217 Å². The van der Waals surface area contributed by atoms with Gasteiger partial charge in [-0.1, -0.05) is 26.0 Å². The van der Waals surface area contributed by atoms with Crippen LogP contribution in [0.15, 0.2) is 30.5 Å². The van der Waals surface area contributed by atoms with Gasteiger partial charge in [0.05, 0.1) is 23.5 Å². The lowest BCUT2D eigenvalue weighted by atomic mass is 9.79. The first-order valence-electron chi connectivity index (χ1n) is 13.5. The van der Waals surface area contributed by atoms with Crippen LogP contribution in [0.25, 0.3) is 16.6 Å². The first-order chi connectivity index (χ1) is 18.0. The molecule has 1 aromatic carbocycles. The normalized spacial score (nSPS) is 24.2. The third-order valence-corrected chi connectivity index (χ3v) is 8.56. The summed E-state index contributed by atoms with van der Waals surface area (Å²) in [5.41, 5.74) is 6.06. The molecule has 6 rings (SSSR count). The molecule has 0 radical (unpaired) electrons. The average Bonchev–Trinajstić information content (AvgIpc) is 3.51. The quantitative estimate of drug-likeness (QED) is 0.555. The number of aliphatic hydroxyl groups excluding tert-OH is 1. The van der Waals surface area contributed by atoms with Crippen LogP contribution < -0.4 is 14.8 Å². The molecule has 2 N–H and O–H groups in total. The molecule has 4 aliphatic heterocycles. The second kappa shape index (κ2) is 9.74. The molecule has 196 valence electrons. The number of pyridine rings is 1. The number of allylic oxidation sites excluding steroid dienone is 1. The molecule has 4 aliphatic rings. The van der Waals surface area contributed by atoms with Crippen molar-refractivity contribution < 1.29 is 19.4 Å². The van der Waals surface area contributed by atoms with E-state index in [1.54, 1.807) is 0 Å². The summed E-state index contributed by atoms with van der Waals surface area (Å²) in [7, 11) is 2.18. The lowest BCUT2D eigenvalue weighted by Gasteiger charge is -2.38. The van der Waals surface area contributed by atoms with E-state index in [0.717, 1.165) is 79.1 Å². The van der Waals surface area contributed by atoms with Gasteiger partial charge in [-0.2, -0.15) is 0 Å². The Balaban J connectivity index is 1.44. The number of carbonyl (C=O) groups is 1. The number of hydrogen-bond donors (Lipinski definition) is 2. The van der Waals surface area contributed by atoms with Crippen LogP contribution in [0.4, 0.5) is 0 Å². The predicted molar refractivity (Wildman–Crippen MR) is 142 cm³/mol. The number of piperidine rings is 1. The minimum atomic E-state index is -1.06. The van der Waals surface area contributed by atoms with Crippen LogP contribution in [0, 0.1) is 11.8 Å². The van der Waals surface area contributed by atoms with Crippen molar-refractivity contribution >= 4 is 22.9 Å². The van der Waals surface area contributed by atoms with Gasteiger partial charge in [0.15, 0.2) is 11.5 Å². The summed E-state index contributed by atoms with van der Waals surface area (Å²) >= 11 is 0. The Bertz CT molecular complexity index is 1270. The fraction of sp³-hybridized carbons (Fsp3) is 0.517. The smallest absolute Gasteiger partial charge is 0.231 e. The Hall–Kier alpha value is -2.94. The summed E-state index contributed by atoms with van der Waals surface area (Å²) < 4.78 is 11.4. The molecule has 0 aliphatic carbocycles. The van der Waals surface area contributed by atoms with Crippen LogP contribution in [-0.4, -0.2) is 65.3 Å². The zero-order chi connectivity index (χ0) is 25.7. The number of aldehydes is 1. The molecule has 5 heterocycles. The number of aromatic nitrogens is 1. The lowest BCUT2D eigenvalue weighted by Crippen LogP contribution is -2.40. The van der Waals surface area contributed by atoms with Gasteiger partial charge >= 0.3 is 0 Å². The third-order valence-electron chi connectivity index (χ3n) is 8.56. The highest BCUT2D eigenvalue weighted by molar-refractivity contribution is 5.90. The zero-order valence-corrected chi connectivity index (χ0v) is 21.7. The number of likely N-dealkylation sites (tertiary alicyclic amines) is 1. The standard InChI is InChI=1S/C29H36N4O4/c1-4-5-19-17(2)33-14-23-22(13-30-18-6-8-32(3)9-7-18)20-11-27-28(37-16-36-27)12-24(20)31-29(23)25(33)10-21(19)26(35)15-34/h10-12,15,18-19,21,26,30,35H,2,4-9,13-14,16H2,1,3H3. The van der Waals surface area contributed by atoms with Crippen molar-refractivity contribution in [1.82, 2.24) is 20.1 Å². The summed E-state index contributed by atoms with van der Waals surface area (Å²) in [6.45, 7) is 10.4. The molecular formula is C29H36N4O4. The molecule has 8 heteroatoms. The number of benzene rings is 1. The Morgan fingerprint density at radius 1 is 1.27 bits per heavy atom. The number of nitrogens with one attached hydrogen (secondary N) is 1. The summed E-state index contributed by atoms with van der Waals surface area (Å²) in [5, 5.41) is 15.5. The first kappa shape index (κ1) is 24.4. The van der Waals surface area contributed by atoms with E-state index in [4.69, 9.17) is 14.5 Å². The van der Waals surface area contributed by atoms with Crippen LogP contribution in [0.2, 0.25) is 0 Å². The van der Waals surface area contributed by atoms with Crippen molar-refractivity contribution in [1.29, 1.82) is 0 Å². The summed E-state index contributed by atoms with van der Waals surface area (Å²) in [5.74, 6) is 1.18. The number of ether oxygens (including phenoxy) is 2. The van der Waals surface area contributed by atoms with Gasteiger partial charge in [0.2, 0.25) is 6.79 Å². The number of carbonyl (C=O) groups excluding carboxylic acids is 1. The van der Waals surface area contributed by atoms with Crippen molar-refractivity contribution in [3.8, 4) is 11.5 Å². The maximum absolute atomic E-state index is 11.6. The molecule has 0 saturated carbocycles. The van der Waals surface area contributed by atoms with Gasteiger partial charge in [-0.05, 0) is 51.0 Å². The van der Waals surface area contributed by atoms with Crippen molar-refractivity contribution in [2.24, 2.45) is 11.8 Å². The molecule has 37 heavy (non-hydrogen) atoms. The second-order valence-electron chi connectivity index (χ2n) is 10.8. The van der Waals surface area contributed by atoms with Gasteiger partial charge in [0.1, 0.15) is 12.4 Å². The number of hydrogen-bond acceptors (Lipinski definition) is 8. The lowest BCUT2D eigenvalue weighted by molar-refractivity contribution is -0.117. The van der Waals surface area contributed by atoms with Crippen molar-refractivity contribution in [3.63, 3.8) is 0 Å². The minimum absolute atomic E-state index is 0.0177. The van der Waals surface area contributed by atoms with Gasteiger partial charge in [0, 0.05) is 47.1 Å². The molecule has 3 unspecified atom stereocenters. The molecule has 0 spiro atoms. The maximum atomic E-state index is 11.6. The topological polar surface area (TPSA) is 87.2 Å².